The molecule has 4 rings (SSSR count). The first kappa shape index (κ1) is 20.2. The second-order valence-electron chi connectivity index (χ2n) is 8.25. The van der Waals surface area contributed by atoms with Crippen LogP contribution < -0.4 is 0 Å². The van der Waals surface area contributed by atoms with Crippen molar-refractivity contribution in [1.29, 1.82) is 0 Å². The van der Waals surface area contributed by atoms with E-state index in [1.807, 2.05) is 6.08 Å². The molecule has 0 radical (unpaired) electrons. The van der Waals surface area contributed by atoms with Gasteiger partial charge in [-0.2, -0.15) is 0 Å². The number of carbonyl (C=O) groups excluding carboxylic acids is 2. The fourth-order valence-electron chi connectivity index (χ4n) is 4.70. The van der Waals surface area contributed by atoms with E-state index in [0.717, 1.165) is 32.1 Å². The number of hydrogen-bond donors (Lipinski definition) is 0. The van der Waals surface area contributed by atoms with Crippen LogP contribution in [0, 0.1) is 5.92 Å². The van der Waals surface area contributed by atoms with Gasteiger partial charge in [-0.1, -0.05) is 32.1 Å². The van der Waals surface area contributed by atoms with Crippen LogP contribution in [-0.4, -0.2) is 49.5 Å². The molecule has 8 heteroatoms. The van der Waals surface area contributed by atoms with Gasteiger partial charge < -0.3 is 14.1 Å². The van der Waals surface area contributed by atoms with Crippen molar-refractivity contribution >= 4 is 21.5 Å². The normalized spacial score (nSPS) is 24.0. The van der Waals surface area contributed by atoms with Crippen molar-refractivity contribution < 1.29 is 27.2 Å². The number of ether oxygens (including phenoxy) is 1. The Kier molecular flexibility index (Phi) is 5.81. The maximum Gasteiger partial charge on any atom is 0.241 e. The third-order valence-electron chi connectivity index (χ3n) is 6.19. The molecule has 0 bridgehead atoms. The van der Waals surface area contributed by atoms with Crippen LogP contribution in [0.4, 0.5) is 0 Å². The van der Waals surface area contributed by atoms with Gasteiger partial charge in [0.2, 0.25) is 5.91 Å². The molecule has 2 fully saturated rings. The molecular weight excluding hydrogens is 394 g/mol. The average Bonchev–Trinajstić information content (AvgIpc) is 3.36. The molecule has 0 aromatic carbocycles. The van der Waals surface area contributed by atoms with E-state index in [4.69, 9.17) is 9.15 Å². The fourth-order valence-corrected chi connectivity index (χ4v) is 6.54. The van der Waals surface area contributed by atoms with Crippen LogP contribution in [0.15, 0.2) is 34.8 Å². The standard InChI is InChI=1S/C21H27NO6S/c23-17-13-28-18-7-4-9-22(20(17)18)21(24)19(11-15-5-2-1-3-6-15)29(25,26)14-16-8-10-27-12-16/h7-8,10,12,15,19-20H,1-6,9,11,13-14H2. The van der Waals surface area contributed by atoms with E-state index in [1.54, 1.807) is 6.07 Å². The van der Waals surface area contributed by atoms with E-state index in [2.05, 4.69) is 0 Å². The molecule has 7 nitrogen and oxygen atoms in total. The second kappa shape index (κ2) is 8.34. The molecule has 1 amide bonds. The quantitative estimate of drug-likeness (QED) is 0.701. The summed E-state index contributed by atoms with van der Waals surface area (Å²) in [6.07, 6.45) is 10.7. The van der Waals surface area contributed by atoms with Crippen LogP contribution in [-0.2, 0) is 29.9 Å². The third-order valence-corrected chi connectivity index (χ3v) is 8.19. The van der Waals surface area contributed by atoms with Crippen LogP contribution in [0.25, 0.3) is 0 Å². The third kappa shape index (κ3) is 4.27. The lowest BCUT2D eigenvalue weighted by Crippen LogP contribution is -2.52. The minimum Gasteiger partial charge on any atom is -0.488 e. The monoisotopic (exact) mass is 421 g/mol. The van der Waals surface area contributed by atoms with Gasteiger partial charge in [-0.3, -0.25) is 9.59 Å². The smallest absolute Gasteiger partial charge is 0.241 e. The Morgan fingerprint density at radius 1 is 1.24 bits per heavy atom. The van der Waals surface area contributed by atoms with Gasteiger partial charge in [0.1, 0.15) is 17.6 Å². The predicted molar refractivity (Wildman–Crippen MR) is 105 cm³/mol. The number of hydrogen-bond acceptors (Lipinski definition) is 6. The van der Waals surface area contributed by atoms with Gasteiger partial charge in [0.05, 0.1) is 18.3 Å². The molecule has 0 spiro atoms. The van der Waals surface area contributed by atoms with Crippen LogP contribution in [0.2, 0.25) is 0 Å². The Morgan fingerprint density at radius 3 is 2.76 bits per heavy atom. The van der Waals surface area contributed by atoms with Crippen molar-refractivity contribution in [1.82, 2.24) is 4.90 Å². The molecule has 29 heavy (non-hydrogen) atoms. The van der Waals surface area contributed by atoms with Crippen molar-refractivity contribution in [2.75, 3.05) is 13.2 Å². The number of furan rings is 1. The number of Topliss-reactive ketones (excluding diaryl/α,β-unsaturated/α-hetero) is 1. The Labute approximate surface area is 171 Å². The minimum atomic E-state index is -3.76. The average molecular weight is 422 g/mol. The summed E-state index contributed by atoms with van der Waals surface area (Å²) in [5.41, 5.74) is 0.533. The number of fused-ring (bicyclic) bond motifs is 1. The Morgan fingerprint density at radius 2 is 2.03 bits per heavy atom. The highest BCUT2D eigenvalue weighted by molar-refractivity contribution is 7.92. The van der Waals surface area contributed by atoms with Crippen LogP contribution >= 0.6 is 0 Å². The molecule has 1 saturated carbocycles. The zero-order valence-electron chi connectivity index (χ0n) is 16.4. The minimum absolute atomic E-state index is 0.0602. The van der Waals surface area contributed by atoms with E-state index in [9.17, 15) is 18.0 Å². The summed E-state index contributed by atoms with van der Waals surface area (Å²) in [7, 11) is -3.76. The van der Waals surface area contributed by atoms with Crippen molar-refractivity contribution in [3.63, 3.8) is 0 Å². The maximum absolute atomic E-state index is 13.5. The van der Waals surface area contributed by atoms with Crippen LogP contribution in [0.5, 0.6) is 0 Å². The number of sulfone groups is 1. The van der Waals surface area contributed by atoms with E-state index < -0.39 is 27.0 Å². The molecule has 3 aliphatic rings. The number of ketones is 1. The van der Waals surface area contributed by atoms with E-state index in [1.165, 1.54) is 17.4 Å². The summed E-state index contributed by atoms with van der Waals surface area (Å²) in [5, 5.41) is -1.15. The van der Waals surface area contributed by atoms with Crippen molar-refractivity contribution in [3.05, 3.63) is 36.0 Å². The van der Waals surface area contributed by atoms with Crippen LogP contribution in [0.3, 0.4) is 0 Å². The van der Waals surface area contributed by atoms with Gasteiger partial charge in [0.25, 0.3) is 0 Å². The highest BCUT2D eigenvalue weighted by Crippen LogP contribution is 2.33. The Bertz CT molecular complexity index is 882. The zero-order valence-corrected chi connectivity index (χ0v) is 17.2. The van der Waals surface area contributed by atoms with Crippen molar-refractivity contribution in [3.8, 4) is 0 Å². The maximum atomic E-state index is 13.5. The van der Waals surface area contributed by atoms with Crippen molar-refractivity contribution in [2.24, 2.45) is 5.92 Å². The lowest BCUT2D eigenvalue weighted by atomic mass is 9.85. The first-order valence-electron chi connectivity index (χ1n) is 10.3. The highest BCUT2D eigenvalue weighted by Gasteiger charge is 2.45. The van der Waals surface area contributed by atoms with E-state index >= 15 is 0 Å². The Balaban J connectivity index is 1.61. The molecule has 1 aromatic heterocycles. The van der Waals surface area contributed by atoms with Crippen LogP contribution in [0.1, 0.15) is 50.5 Å². The molecular formula is C21H27NO6S. The topological polar surface area (TPSA) is 93.9 Å². The van der Waals surface area contributed by atoms with Gasteiger partial charge in [0.15, 0.2) is 21.7 Å². The lowest BCUT2D eigenvalue weighted by Gasteiger charge is -2.34. The summed E-state index contributed by atoms with van der Waals surface area (Å²) >= 11 is 0. The molecule has 0 N–H and O–H groups in total. The van der Waals surface area contributed by atoms with Gasteiger partial charge in [-0.15, -0.1) is 0 Å². The van der Waals surface area contributed by atoms with Gasteiger partial charge in [-0.25, -0.2) is 8.42 Å². The molecule has 3 heterocycles. The predicted octanol–water partition coefficient (Wildman–Crippen LogP) is 2.62. The van der Waals surface area contributed by atoms with Gasteiger partial charge in [-0.05, 0) is 30.9 Å². The largest absolute Gasteiger partial charge is 0.488 e. The zero-order chi connectivity index (χ0) is 20.4. The number of carbonyl (C=O) groups is 2. The fraction of sp³-hybridized carbons (Fsp3) is 0.619. The Hall–Kier alpha value is -2.09. The molecule has 2 aliphatic heterocycles. The molecule has 1 saturated heterocycles. The first-order valence-corrected chi connectivity index (χ1v) is 12.1. The number of nitrogens with zero attached hydrogens (tertiary/aromatic N) is 1. The highest BCUT2D eigenvalue weighted by atomic mass is 32.2. The van der Waals surface area contributed by atoms with Gasteiger partial charge >= 0.3 is 0 Å². The SMILES string of the molecule is O=C1COC2=CCCN(C(=O)C(CC3CCCCC3)S(=O)(=O)Cc3ccoc3)C12. The summed E-state index contributed by atoms with van der Waals surface area (Å²) in [6, 6.07) is 0.838. The summed E-state index contributed by atoms with van der Waals surface area (Å²) in [6.45, 7) is 0.278. The summed E-state index contributed by atoms with van der Waals surface area (Å²) < 4.78 is 37.0. The van der Waals surface area contributed by atoms with E-state index in [0.29, 0.717) is 30.7 Å². The summed E-state index contributed by atoms with van der Waals surface area (Å²) in [5.74, 6) is -0.190. The van der Waals surface area contributed by atoms with E-state index in [-0.39, 0.29) is 24.1 Å². The molecule has 2 unspecified atom stereocenters. The lowest BCUT2D eigenvalue weighted by molar-refractivity contribution is -0.137. The number of rotatable bonds is 6. The first-order chi connectivity index (χ1) is 14.0. The second-order valence-corrected chi connectivity index (χ2v) is 10.4. The van der Waals surface area contributed by atoms with Crippen molar-refractivity contribution in [2.45, 2.75) is 62.0 Å². The molecule has 158 valence electrons. The summed E-state index contributed by atoms with van der Waals surface area (Å²) in [4.78, 5) is 27.3. The molecule has 1 aromatic rings. The molecule has 1 aliphatic carbocycles. The number of amides is 1. The van der Waals surface area contributed by atoms with Gasteiger partial charge in [0, 0.05) is 12.1 Å². The molecule has 2 atom stereocenters.